The third-order valence-corrected chi connectivity index (χ3v) is 4.57. The zero-order chi connectivity index (χ0) is 17.0. The van der Waals surface area contributed by atoms with E-state index in [9.17, 15) is 9.90 Å². The van der Waals surface area contributed by atoms with Crippen molar-refractivity contribution in [2.75, 3.05) is 19.7 Å². The normalized spacial score (nSPS) is 17.1. The maximum absolute atomic E-state index is 12.6. The number of hydrogen-bond acceptors (Lipinski definition) is 4. The van der Waals surface area contributed by atoms with E-state index in [1.165, 1.54) is 6.07 Å². The topological polar surface area (TPSA) is 76.4 Å². The van der Waals surface area contributed by atoms with Crippen molar-refractivity contribution in [3.63, 3.8) is 0 Å². The van der Waals surface area contributed by atoms with Gasteiger partial charge < -0.3 is 15.3 Å². The fraction of sp³-hybridized carbons (Fsp3) is 0.529. The van der Waals surface area contributed by atoms with Crippen molar-refractivity contribution in [3.8, 4) is 6.07 Å². The molecule has 0 saturated carbocycles. The van der Waals surface area contributed by atoms with Crippen LogP contribution in [0.1, 0.15) is 42.6 Å². The van der Waals surface area contributed by atoms with Gasteiger partial charge in [-0.3, -0.25) is 4.79 Å². The van der Waals surface area contributed by atoms with E-state index < -0.39 is 0 Å². The largest absolute Gasteiger partial charge is 0.394 e. The second-order valence-corrected chi connectivity index (χ2v) is 6.74. The molecule has 5 nitrogen and oxygen atoms in total. The predicted octanol–water partition coefficient (Wildman–Crippen LogP) is 2.18. The van der Waals surface area contributed by atoms with E-state index in [1.807, 2.05) is 19.9 Å². The van der Waals surface area contributed by atoms with E-state index in [2.05, 4.69) is 5.32 Å². The van der Waals surface area contributed by atoms with Crippen molar-refractivity contribution in [1.29, 1.82) is 5.26 Å². The molecule has 0 aliphatic carbocycles. The average Bonchev–Trinajstić information content (AvgIpc) is 2.54. The first-order chi connectivity index (χ1) is 10.9. The smallest absolute Gasteiger partial charge is 0.253 e. The average molecular weight is 336 g/mol. The summed E-state index contributed by atoms with van der Waals surface area (Å²) in [5.74, 6) is -0.103. The summed E-state index contributed by atoms with van der Waals surface area (Å²) in [6.07, 6.45) is 1.40. The fourth-order valence-corrected chi connectivity index (χ4v) is 3.18. The molecule has 23 heavy (non-hydrogen) atoms. The third-order valence-electron chi connectivity index (χ3n) is 4.24. The Morgan fingerprint density at radius 2 is 2.13 bits per heavy atom. The highest BCUT2D eigenvalue weighted by Crippen LogP contribution is 2.25. The van der Waals surface area contributed by atoms with Crippen molar-refractivity contribution in [3.05, 3.63) is 34.3 Å². The Morgan fingerprint density at radius 3 is 2.65 bits per heavy atom. The summed E-state index contributed by atoms with van der Waals surface area (Å²) in [5, 5.41) is 22.5. The highest BCUT2D eigenvalue weighted by Gasteiger charge is 2.35. The van der Waals surface area contributed by atoms with Crippen LogP contribution < -0.4 is 5.32 Å². The lowest BCUT2D eigenvalue weighted by atomic mass is 9.87. The quantitative estimate of drug-likeness (QED) is 0.884. The molecule has 1 heterocycles. The first kappa shape index (κ1) is 17.7. The zero-order valence-electron chi connectivity index (χ0n) is 13.5. The van der Waals surface area contributed by atoms with Crippen molar-refractivity contribution in [1.82, 2.24) is 10.2 Å². The van der Waals surface area contributed by atoms with Gasteiger partial charge in [0.15, 0.2) is 0 Å². The molecular formula is C17H22ClN3O2. The number of nitrogens with one attached hydrogen (secondary N) is 1. The van der Waals surface area contributed by atoms with Gasteiger partial charge in [0.25, 0.3) is 5.91 Å². The van der Waals surface area contributed by atoms with Gasteiger partial charge >= 0.3 is 0 Å². The van der Waals surface area contributed by atoms with E-state index in [0.717, 1.165) is 0 Å². The minimum Gasteiger partial charge on any atom is -0.394 e. The number of aliphatic hydroxyl groups excluding tert-OH is 1. The number of nitriles is 1. The van der Waals surface area contributed by atoms with E-state index in [4.69, 9.17) is 16.9 Å². The van der Waals surface area contributed by atoms with Crippen LogP contribution in [-0.4, -0.2) is 47.2 Å². The van der Waals surface area contributed by atoms with E-state index in [1.54, 1.807) is 17.0 Å². The van der Waals surface area contributed by atoms with Crippen molar-refractivity contribution < 1.29 is 9.90 Å². The molecule has 0 radical (unpaired) electrons. The molecule has 0 unspecified atom stereocenters. The number of amides is 1. The Labute approximate surface area is 141 Å². The molecule has 0 spiro atoms. The molecule has 0 aromatic heterocycles. The number of benzene rings is 1. The predicted molar refractivity (Wildman–Crippen MR) is 89.4 cm³/mol. The van der Waals surface area contributed by atoms with Crippen LogP contribution in [0.3, 0.4) is 0 Å². The van der Waals surface area contributed by atoms with Crippen LogP contribution in [0, 0.1) is 11.3 Å². The molecule has 1 aliphatic heterocycles. The van der Waals surface area contributed by atoms with Crippen LogP contribution in [-0.2, 0) is 0 Å². The van der Waals surface area contributed by atoms with Gasteiger partial charge in [0, 0.05) is 30.2 Å². The van der Waals surface area contributed by atoms with Gasteiger partial charge in [-0.25, -0.2) is 0 Å². The van der Waals surface area contributed by atoms with Crippen LogP contribution in [0.25, 0.3) is 0 Å². The highest BCUT2D eigenvalue weighted by molar-refractivity contribution is 6.31. The number of nitrogens with zero attached hydrogens (tertiary/aromatic N) is 2. The van der Waals surface area contributed by atoms with E-state index in [0.29, 0.717) is 42.1 Å². The summed E-state index contributed by atoms with van der Waals surface area (Å²) in [5.41, 5.74) is 0.461. The number of rotatable bonds is 4. The fourth-order valence-electron chi connectivity index (χ4n) is 3.02. The van der Waals surface area contributed by atoms with E-state index in [-0.39, 0.29) is 24.1 Å². The first-order valence-corrected chi connectivity index (χ1v) is 8.16. The van der Waals surface area contributed by atoms with Crippen molar-refractivity contribution >= 4 is 17.5 Å². The molecule has 1 fully saturated rings. The Kier molecular flexibility index (Phi) is 5.64. The molecule has 124 valence electrons. The minimum absolute atomic E-state index is 0.0622. The lowest BCUT2D eigenvalue weighted by molar-refractivity contribution is 0.0510. The highest BCUT2D eigenvalue weighted by atomic mass is 35.5. The standard InChI is InChI=1S/C17H22ClN3O2/c1-12(2)20-17(11-22)5-7-21(8-6-17)16(23)13-3-4-15(18)14(9-13)10-19/h3-4,9,12,20,22H,5-8,11H2,1-2H3. The summed E-state index contributed by atoms with van der Waals surface area (Å²) >= 11 is 5.91. The summed E-state index contributed by atoms with van der Waals surface area (Å²) in [6.45, 7) is 5.30. The number of halogens is 1. The maximum Gasteiger partial charge on any atom is 0.253 e. The molecule has 1 aliphatic rings. The first-order valence-electron chi connectivity index (χ1n) is 7.78. The number of carbonyl (C=O) groups excluding carboxylic acids is 1. The van der Waals surface area contributed by atoms with Gasteiger partial charge in [0.1, 0.15) is 6.07 Å². The zero-order valence-corrected chi connectivity index (χ0v) is 14.2. The Morgan fingerprint density at radius 1 is 1.48 bits per heavy atom. The molecular weight excluding hydrogens is 314 g/mol. The second kappa shape index (κ2) is 7.31. The van der Waals surface area contributed by atoms with Crippen molar-refractivity contribution in [2.24, 2.45) is 0 Å². The van der Waals surface area contributed by atoms with Crippen LogP contribution in [0.2, 0.25) is 5.02 Å². The Balaban J connectivity index is 2.08. The summed E-state index contributed by atoms with van der Waals surface area (Å²) in [4.78, 5) is 14.4. The number of hydrogen-bond donors (Lipinski definition) is 2. The second-order valence-electron chi connectivity index (χ2n) is 6.34. The van der Waals surface area contributed by atoms with Crippen LogP contribution in [0.5, 0.6) is 0 Å². The van der Waals surface area contributed by atoms with Gasteiger partial charge in [-0.1, -0.05) is 25.4 Å². The molecule has 1 saturated heterocycles. The summed E-state index contributed by atoms with van der Waals surface area (Å²) < 4.78 is 0. The maximum atomic E-state index is 12.6. The molecule has 6 heteroatoms. The van der Waals surface area contributed by atoms with Gasteiger partial charge in [0.05, 0.1) is 17.2 Å². The monoisotopic (exact) mass is 335 g/mol. The lowest BCUT2D eigenvalue weighted by Crippen LogP contribution is -2.58. The van der Waals surface area contributed by atoms with Crippen LogP contribution in [0.15, 0.2) is 18.2 Å². The van der Waals surface area contributed by atoms with E-state index >= 15 is 0 Å². The molecule has 1 aromatic carbocycles. The minimum atomic E-state index is -0.317. The number of likely N-dealkylation sites (tertiary alicyclic amines) is 1. The third kappa shape index (κ3) is 4.03. The Hall–Kier alpha value is -1.61. The van der Waals surface area contributed by atoms with Gasteiger partial charge in [-0.05, 0) is 31.0 Å². The number of aliphatic hydroxyl groups is 1. The summed E-state index contributed by atoms with van der Waals surface area (Å²) in [6, 6.07) is 7.02. The molecule has 2 rings (SSSR count). The molecule has 1 aromatic rings. The van der Waals surface area contributed by atoms with Crippen molar-refractivity contribution in [2.45, 2.75) is 38.3 Å². The van der Waals surface area contributed by atoms with Gasteiger partial charge in [-0.2, -0.15) is 5.26 Å². The molecule has 0 bridgehead atoms. The van der Waals surface area contributed by atoms with Crippen LogP contribution >= 0.6 is 11.6 Å². The van der Waals surface area contributed by atoms with Gasteiger partial charge in [-0.15, -0.1) is 0 Å². The molecule has 2 N–H and O–H groups in total. The number of carbonyl (C=O) groups is 1. The van der Waals surface area contributed by atoms with Crippen LogP contribution in [0.4, 0.5) is 0 Å². The van der Waals surface area contributed by atoms with Gasteiger partial charge in [0.2, 0.25) is 0 Å². The summed E-state index contributed by atoms with van der Waals surface area (Å²) in [7, 11) is 0. The number of piperidine rings is 1. The lowest BCUT2D eigenvalue weighted by Gasteiger charge is -2.42. The molecule has 1 amide bonds. The molecule has 0 atom stereocenters. The SMILES string of the molecule is CC(C)NC1(CO)CCN(C(=O)c2ccc(Cl)c(C#N)c2)CC1. The Bertz CT molecular complexity index is 617.